The Balaban J connectivity index is 4.29. The molecule has 57 heavy (non-hydrogen) atoms. The predicted molar refractivity (Wildman–Crippen MR) is 243 cm³/mol. The van der Waals surface area contributed by atoms with E-state index in [9.17, 15) is 14.4 Å². The summed E-state index contributed by atoms with van der Waals surface area (Å²) in [4.78, 5) is 37.9. The molecule has 0 saturated carbocycles. The van der Waals surface area contributed by atoms with Gasteiger partial charge in [-0.25, -0.2) is 0 Å². The fraction of sp³-hybridized carbons (Fsp3) is 0.941. The normalized spacial score (nSPS) is 11.9. The van der Waals surface area contributed by atoms with Gasteiger partial charge in [-0.3, -0.25) is 14.4 Å². The molecule has 0 aliphatic rings. The molecule has 0 amide bonds. The van der Waals surface area contributed by atoms with E-state index in [1.165, 1.54) is 180 Å². The van der Waals surface area contributed by atoms with E-state index in [4.69, 9.17) is 14.2 Å². The molecule has 0 aromatic carbocycles. The first kappa shape index (κ1) is 55.4. The maximum absolute atomic E-state index is 12.7. The van der Waals surface area contributed by atoms with Crippen molar-refractivity contribution in [2.45, 2.75) is 291 Å². The molecule has 0 spiro atoms. The molecule has 0 unspecified atom stereocenters. The number of hydrogen-bond acceptors (Lipinski definition) is 6. The number of ether oxygens (including phenoxy) is 3. The van der Waals surface area contributed by atoms with Crippen molar-refractivity contribution in [1.29, 1.82) is 0 Å². The van der Waals surface area contributed by atoms with Gasteiger partial charge in [0.25, 0.3) is 0 Å². The Labute approximate surface area is 355 Å². The number of hydrogen-bond donors (Lipinski definition) is 0. The van der Waals surface area contributed by atoms with E-state index in [0.29, 0.717) is 19.3 Å². The molecule has 0 bridgehead atoms. The van der Waals surface area contributed by atoms with E-state index >= 15 is 0 Å². The Morgan fingerprint density at radius 1 is 0.333 bits per heavy atom. The molecule has 0 rings (SSSR count). The quantitative estimate of drug-likeness (QED) is 0.0346. The monoisotopic (exact) mass is 807 g/mol. The lowest BCUT2D eigenvalue weighted by Gasteiger charge is -2.18. The summed E-state index contributed by atoms with van der Waals surface area (Å²) in [6.07, 6.45) is 46.5. The van der Waals surface area contributed by atoms with Gasteiger partial charge in [0.05, 0.1) is 0 Å². The van der Waals surface area contributed by atoms with Crippen molar-refractivity contribution < 1.29 is 28.6 Å². The van der Waals surface area contributed by atoms with Crippen LogP contribution < -0.4 is 0 Å². The molecular formula is C51H98O6. The van der Waals surface area contributed by atoms with Gasteiger partial charge in [-0.1, -0.05) is 246 Å². The highest BCUT2D eigenvalue weighted by molar-refractivity contribution is 5.71. The van der Waals surface area contributed by atoms with Crippen molar-refractivity contribution in [3.05, 3.63) is 0 Å². The minimum absolute atomic E-state index is 0.0628. The molecule has 6 nitrogen and oxygen atoms in total. The topological polar surface area (TPSA) is 78.9 Å². The van der Waals surface area contributed by atoms with Crippen molar-refractivity contribution in [2.24, 2.45) is 5.92 Å². The zero-order valence-corrected chi connectivity index (χ0v) is 38.8. The lowest BCUT2D eigenvalue weighted by atomic mass is 10.0. The fourth-order valence-electron chi connectivity index (χ4n) is 7.69. The van der Waals surface area contributed by atoms with Crippen molar-refractivity contribution in [1.82, 2.24) is 0 Å². The van der Waals surface area contributed by atoms with Crippen molar-refractivity contribution >= 4 is 17.9 Å². The minimum Gasteiger partial charge on any atom is -0.462 e. The first-order valence-corrected chi connectivity index (χ1v) is 25.4. The van der Waals surface area contributed by atoms with Gasteiger partial charge in [0, 0.05) is 19.3 Å². The van der Waals surface area contributed by atoms with Crippen LogP contribution in [0.2, 0.25) is 0 Å². The third kappa shape index (κ3) is 45.3. The third-order valence-electron chi connectivity index (χ3n) is 11.5. The zero-order chi connectivity index (χ0) is 41.7. The first-order valence-electron chi connectivity index (χ1n) is 25.4. The zero-order valence-electron chi connectivity index (χ0n) is 38.8. The Hall–Kier alpha value is -1.59. The summed E-state index contributed by atoms with van der Waals surface area (Å²) in [6, 6.07) is 0. The molecule has 0 saturated heterocycles. The molecular weight excluding hydrogens is 709 g/mol. The first-order chi connectivity index (χ1) is 27.9. The molecule has 0 N–H and O–H groups in total. The molecule has 0 aromatic rings. The lowest BCUT2D eigenvalue weighted by Crippen LogP contribution is -2.30. The Kier molecular flexibility index (Phi) is 44.2. The van der Waals surface area contributed by atoms with E-state index in [1.807, 2.05) is 0 Å². The van der Waals surface area contributed by atoms with Crippen LogP contribution in [0.25, 0.3) is 0 Å². The van der Waals surface area contributed by atoms with Crippen molar-refractivity contribution in [3.8, 4) is 0 Å². The summed E-state index contributed by atoms with van der Waals surface area (Å²) in [5.41, 5.74) is 0. The van der Waals surface area contributed by atoms with Gasteiger partial charge < -0.3 is 14.2 Å². The second-order valence-electron chi connectivity index (χ2n) is 17.9. The summed E-state index contributed by atoms with van der Waals surface area (Å²) in [7, 11) is 0. The van der Waals surface area contributed by atoms with Crippen LogP contribution in [0.3, 0.4) is 0 Å². The average molecular weight is 807 g/mol. The maximum Gasteiger partial charge on any atom is 0.306 e. The highest BCUT2D eigenvalue weighted by Gasteiger charge is 2.19. The van der Waals surface area contributed by atoms with Gasteiger partial charge >= 0.3 is 17.9 Å². The van der Waals surface area contributed by atoms with Gasteiger partial charge in [-0.05, 0) is 25.2 Å². The van der Waals surface area contributed by atoms with Crippen LogP contribution in [-0.2, 0) is 28.6 Å². The second-order valence-corrected chi connectivity index (χ2v) is 17.9. The molecule has 0 heterocycles. The number of carbonyl (C=O) groups excluding carboxylic acids is 3. The highest BCUT2D eigenvalue weighted by atomic mass is 16.6. The van der Waals surface area contributed by atoms with E-state index in [1.54, 1.807) is 0 Å². The van der Waals surface area contributed by atoms with Crippen LogP contribution in [0.1, 0.15) is 285 Å². The fourth-order valence-corrected chi connectivity index (χ4v) is 7.69. The molecule has 0 fully saturated rings. The number of carbonyl (C=O) groups is 3. The summed E-state index contributed by atoms with van der Waals surface area (Å²) < 4.78 is 16.8. The summed E-state index contributed by atoms with van der Waals surface area (Å²) in [6.45, 7) is 9.02. The van der Waals surface area contributed by atoms with Gasteiger partial charge in [0.2, 0.25) is 0 Å². The van der Waals surface area contributed by atoms with Crippen LogP contribution in [0, 0.1) is 5.92 Å². The highest BCUT2D eigenvalue weighted by Crippen LogP contribution is 2.17. The third-order valence-corrected chi connectivity index (χ3v) is 11.5. The average Bonchev–Trinajstić information content (AvgIpc) is 3.19. The largest absolute Gasteiger partial charge is 0.462 e. The van der Waals surface area contributed by atoms with E-state index in [-0.39, 0.29) is 31.1 Å². The van der Waals surface area contributed by atoms with E-state index in [0.717, 1.165) is 63.7 Å². The van der Waals surface area contributed by atoms with Crippen LogP contribution in [0.5, 0.6) is 0 Å². The Morgan fingerprint density at radius 3 is 0.860 bits per heavy atom. The number of unbranched alkanes of at least 4 members (excludes halogenated alkanes) is 33. The molecule has 6 heteroatoms. The molecule has 0 aliphatic heterocycles. The molecule has 1 atom stereocenters. The standard InChI is InChI=1S/C51H98O6/c1-5-7-9-11-13-15-17-18-23-26-30-34-38-42-49(52)55-45-48(57-51(54)44-40-36-32-28-21-16-14-12-10-8-6-2)46-56-50(53)43-39-35-31-27-24-20-19-22-25-29-33-37-41-47(3)4/h47-48H,5-46H2,1-4H3/t48-/m0/s1. The minimum atomic E-state index is -0.759. The van der Waals surface area contributed by atoms with Crippen LogP contribution in [0.4, 0.5) is 0 Å². The molecule has 0 radical (unpaired) electrons. The van der Waals surface area contributed by atoms with Gasteiger partial charge in [-0.15, -0.1) is 0 Å². The van der Waals surface area contributed by atoms with Crippen LogP contribution in [-0.4, -0.2) is 37.2 Å². The SMILES string of the molecule is CCCCCCCCCCCCCCCC(=O)OC[C@@H](COC(=O)CCCCCCCCCCCCCCC(C)C)OC(=O)CCCCCCCCCCCCC. The van der Waals surface area contributed by atoms with Crippen LogP contribution in [0.15, 0.2) is 0 Å². The van der Waals surface area contributed by atoms with E-state index in [2.05, 4.69) is 27.7 Å². The number of rotatable bonds is 46. The molecule has 0 aliphatic carbocycles. The Morgan fingerprint density at radius 2 is 0.579 bits per heavy atom. The van der Waals surface area contributed by atoms with E-state index < -0.39 is 6.10 Å². The van der Waals surface area contributed by atoms with Crippen molar-refractivity contribution in [3.63, 3.8) is 0 Å². The van der Waals surface area contributed by atoms with Gasteiger partial charge in [0.15, 0.2) is 6.10 Å². The van der Waals surface area contributed by atoms with Crippen LogP contribution >= 0.6 is 0 Å². The predicted octanol–water partition coefficient (Wildman–Crippen LogP) is 16.3. The molecule has 338 valence electrons. The van der Waals surface area contributed by atoms with Crippen molar-refractivity contribution in [2.75, 3.05) is 13.2 Å². The summed E-state index contributed by atoms with van der Waals surface area (Å²) in [5, 5.41) is 0. The molecule has 0 aromatic heterocycles. The Bertz CT molecular complexity index is 857. The summed E-state index contributed by atoms with van der Waals surface area (Å²) >= 11 is 0. The maximum atomic E-state index is 12.7. The van der Waals surface area contributed by atoms with Gasteiger partial charge in [0.1, 0.15) is 13.2 Å². The lowest BCUT2D eigenvalue weighted by molar-refractivity contribution is -0.167. The van der Waals surface area contributed by atoms with Gasteiger partial charge in [-0.2, -0.15) is 0 Å². The second kappa shape index (κ2) is 45.5. The smallest absolute Gasteiger partial charge is 0.306 e. The summed E-state index contributed by atoms with van der Waals surface area (Å²) in [5.74, 6) is -0.0122. The number of esters is 3.